The monoisotopic (exact) mass is 408 g/mol. The second-order valence-corrected chi connectivity index (χ2v) is 6.84. The fourth-order valence-electron chi connectivity index (χ4n) is 2.54. The van der Waals surface area contributed by atoms with Crippen LogP contribution in [0.3, 0.4) is 0 Å². The van der Waals surface area contributed by atoms with Crippen LogP contribution >= 0.6 is 0 Å². The first kappa shape index (κ1) is 22.3. The van der Waals surface area contributed by atoms with E-state index in [1.54, 1.807) is 13.8 Å². The average Bonchev–Trinajstić information content (AvgIpc) is 2.69. The van der Waals surface area contributed by atoms with Gasteiger partial charge in [-0.1, -0.05) is 56.3 Å². The lowest BCUT2D eigenvalue weighted by atomic mass is 10.0. The maximum absolute atomic E-state index is 12.6. The number of benzene rings is 2. The molecule has 0 aliphatic carbocycles. The molecule has 2 rings (SSSR count). The molecule has 0 aliphatic heterocycles. The molecule has 2 aromatic rings. The molecule has 0 bridgehead atoms. The van der Waals surface area contributed by atoms with Crippen molar-refractivity contribution in [1.82, 2.24) is 10.6 Å². The number of halogens is 3. The van der Waals surface area contributed by atoms with Crippen molar-refractivity contribution in [2.75, 3.05) is 0 Å². The van der Waals surface area contributed by atoms with E-state index in [0.717, 1.165) is 17.7 Å². The van der Waals surface area contributed by atoms with Gasteiger partial charge in [0, 0.05) is 6.54 Å². The first-order valence-corrected chi connectivity index (χ1v) is 9.08. The number of ether oxygens (including phenoxy) is 1. The topological polar surface area (TPSA) is 67.4 Å². The van der Waals surface area contributed by atoms with Crippen LogP contribution in [0.4, 0.5) is 18.0 Å². The van der Waals surface area contributed by atoms with Crippen LogP contribution < -0.4 is 10.6 Å². The Hall–Kier alpha value is -3.03. The van der Waals surface area contributed by atoms with Crippen molar-refractivity contribution in [2.24, 2.45) is 5.92 Å². The minimum atomic E-state index is -4.41. The predicted octanol–water partition coefficient (Wildman–Crippen LogP) is 4.27. The van der Waals surface area contributed by atoms with Crippen LogP contribution in [0.5, 0.6) is 0 Å². The largest absolute Gasteiger partial charge is 0.445 e. The molecule has 2 aromatic carbocycles. The standard InChI is InChI=1S/C21H23F3N2O3/c1-14(2)18(26-20(28)29-13-16-6-4-3-5-7-16)19(27)25-12-15-8-10-17(11-9-15)21(22,23)24/h3-11,14,18H,12-13H2,1-2H3,(H,25,27)(H,26,28)/t18-/m0/s1. The van der Waals surface area contributed by atoms with Crippen molar-refractivity contribution in [3.05, 3.63) is 71.3 Å². The SMILES string of the molecule is CC(C)[C@H](NC(=O)OCc1ccccc1)C(=O)NCc1ccc(C(F)(F)F)cc1. The minimum absolute atomic E-state index is 0.0426. The fraction of sp³-hybridized carbons (Fsp3) is 0.333. The molecule has 5 nitrogen and oxygen atoms in total. The third kappa shape index (κ3) is 7.14. The number of alkyl carbamates (subject to hydrolysis) is 1. The molecule has 0 aliphatic rings. The molecule has 0 spiro atoms. The van der Waals surface area contributed by atoms with Crippen molar-refractivity contribution in [1.29, 1.82) is 0 Å². The van der Waals surface area contributed by atoms with Gasteiger partial charge in [0.05, 0.1) is 5.56 Å². The van der Waals surface area contributed by atoms with Crippen molar-refractivity contribution in [3.8, 4) is 0 Å². The van der Waals surface area contributed by atoms with E-state index in [2.05, 4.69) is 10.6 Å². The molecule has 2 amide bonds. The quantitative estimate of drug-likeness (QED) is 0.719. The van der Waals surface area contributed by atoms with Crippen molar-refractivity contribution in [2.45, 2.75) is 39.2 Å². The maximum Gasteiger partial charge on any atom is 0.416 e. The van der Waals surface area contributed by atoms with Gasteiger partial charge in [-0.2, -0.15) is 13.2 Å². The molecule has 8 heteroatoms. The third-order valence-electron chi connectivity index (χ3n) is 4.18. The highest BCUT2D eigenvalue weighted by Gasteiger charge is 2.30. The van der Waals surface area contributed by atoms with Gasteiger partial charge in [-0.25, -0.2) is 4.79 Å². The average molecular weight is 408 g/mol. The zero-order valence-corrected chi connectivity index (χ0v) is 16.1. The minimum Gasteiger partial charge on any atom is -0.445 e. The van der Waals surface area contributed by atoms with Gasteiger partial charge in [-0.3, -0.25) is 4.79 Å². The highest BCUT2D eigenvalue weighted by Crippen LogP contribution is 2.29. The summed E-state index contributed by atoms with van der Waals surface area (Å²) in [5, 5.41) is 5.16. The first-order valence-electron chi connectivity index (χ1n) is 9.08. The van der Waals surface area contributed by atoms with E-state index in [-0.39, 0.29) is 19.1 Å². The van der Waals surface area contributed by atoms with Gasteiger partial charge in [0.15, 0.2) is 0 Å². The molecule has 29 heavy (non-hydrogen) atoms. The lowest BCUT2D eigenvalue weighted by molar-refractivity contribution is -0.137. The molecule has 0 unspecified atom stereocenters. The molecule has 2 N–H and O–H groups in total. The lowest BCUT2D eigenvalue weighted by Gasteiger charge is -2.21. The van der Waals surface area contributed by atoms with E-state index in [4.69, 9.17) is 4.74 Å². The van der Waals surface area contributed by atoms with Gasteiger partial charge in [0.1, 0.15) is 12.6 Å². The molecule has 0 aromatic heterocycles. The Bertz CT molecular complexity index is 806. The summed E-state index contributed by atoms with van der Waals surface area (Å²) in [6.07, 6.45) is -5.13. The van der Waals surface area contributed by atoms with Crippen molar-refractivity contribution < 1.29 is 27.5 Å². The Morgan fingerprint density at radius 3 is 2.14 bits per heavy atom. The van der Waals surface area contributed by atoms with Crippen LogP contribution in [-0.2, 0) is 28.9 Å². The Morgan fingerprint density at radius 1 is 0.966 bits per heavy atom. The number of hydrogen-bond acceptors (Lipinski definition) is 3. The fourth-order valence-corrected chi connectivity index (χ4v) is 2.54. The van der Waals surface area contributed by atoms with Gasteiger partial charge in [0.25, 0.3) is 0 Å². The van der Waals surface area contributed by atoms with Crippen LogP contribution in [0, 0.1) is 5.92 Å². The van der Waals surface area contributed by atoms with Crippen molar-refractivity contribution >= 4 is 12.0 Å². The summed E-state index contributed by atoms with van der Waals surface area (Å²) in [6, 6.07) is 12.8. The van der Waals surface area contributed by atoms with Crippen LogP contribution in [0.2, 0.25) is 0 Å². The van der Waals surface area contributed by atoms with Gasteiger partial charge in [-0.05, 0) is 29.2 Å². The molecule has 0 heterocycles. The molecule has 0 saturated carbocycles. The summed E-state index contributed by atoms with van der Waals surface area (Å²) in [5.41, 5.74) is 0.575. The van der Waals surface area contributed by atoms with Gasteiger partial charge < -0.3 is 15.4 Å². The van der Waals surface area contributed by atoms with Crippen LogP contribution in [-0.4, -0.2) is 18.0 Å². The highest BCUT2D eigenvalue weighted by atomic mass is 19.4. The summed E-state index contributed by atoms with van der Waals surface area (Å²) in [6.45, 7) is 3.64. The number of amides is 2. The number of hydrogen-bond donors (Lipinski definition) is 2. The van der Waals surface area contributed by atoms with Gasteiger partial charge in [-0.15, -0.1) is 0 Å². The van der Waals surface area contributed by atoms with E-state index in [0.29, 0.717) is 5.56 Å². The predicted molar refractivity (Wildman–Crippen MR) is 102 cm³/mol. The van der Waals surface area contributed by atoms with Crippen LogP contribution in [0.1, 0.15) is 30.5 Å². The summed E-state index contributed by atoms with van der Waals surface area (Å²) in [7, 11) is 0. The molecular formula is C21H23F3N2O3. The zero-order chi connectivity index (χ0) is 21.4. The summed E-state index contributed by atoms with van der Waals surface area (Å²) in [4.78, 5) is 24.5. The Kier molecular flexibility index (Phi) is 7.64. The third-order valence-corrected chi connectivity index (χ3v) is 4.18. The number of nitrogens with one attached hydrogen (secondary N) is 2. The maximum atomic E-state index is 12.6. The summed E-state index contributed by atoms with van der Waals surface area (Å²) < 4.78 is 42.9. The molecule has 1 atom stereocenters. The smallest absolute Gasteiger partial charge is 0.416 e. The first-order chi connectivity index (χ1) is 13.7. The van der Waals surface area contributed by atoms with Crippen LogP contribution in [0.15, 0.2) is 54.6 Å². The second-order valence-electron chi connectivity index (χ2n) is 6.84. The van der Waals surface area contributed by atoms with E-state index in [1.807, 2.05) is 30.3 Å². The van der Waals surface area contributed by atoms with Gasteiger partial charge in [0.2, 0.25) is 5.91 Å². The number of carbonyl (C=O) groups is 2. The molecule has 0 fully saturated rings. The molecule has 0 radical (unpaired) electrons. The number of rotatable bonds is 7. The molecular weight excluding hydrogens is 385 g/mol. The van der Waals surface area contributed by atoms with E-state index >= 15 is 0 Å². The Morgan fingerprint density at radius 2 is 1.59 bits per heavy atom. The molecule has 0 saturated heterocycles. The highest BCUT2D eigenvalue weighted by molar-refractivity contribution is 5.85. The van der Waals surface area contributed by atoms with E-state index in [9.17, 15) is 22.8 Å². The van der Waals surface area contributed by atoms with E-state index < -0.39 is 29.8 Å². The number of alkyl halides is 3. The van der Waals surface area contributed by atoms with Crippen LogP contribution in [0.25, 0.3) is 0 Å². The Balaban J connectivity index is 1.87. The zero-order valence-electron chi connectivity index (χ0n) is 16.1. The molecule has 156 valence electrons. The second kappa shape index (κ2) is 9.95. The lowest BCUT2D eigenvalue weighted by Crippen LogP contribution is -2.49. The van der Waals surface area contributed by atoms with E-state index in [1.165, 1.54) is 12.1 Å². The normalized spacial score (nSPS) is 12.3. The van der Waals surface area contributed by atoms with Gasteiger partial charge >= 0.3 is 12.3 Å². The summed E-state index contributed by atoms with van der Waals surface area (Å²) in [5.74, 6) is -0.663. The van der Waals surface area contributed by atoms with Crippen molar-refractivity contribution in [3.63, 3.8) is 0 Å². The Labute approximate surface area is 167 Å². The summed E-state index contributed by atoms with van der Waals surface area (Å²) >= 11 is 0. The number of carbonyl (C=O) groups excluding carboxylic acids is 2.